The summed E-state index contributed by atoms with van der Waals surface area (Å²) < 4.78 is 26.0. The summed E-state index contributed by atoms with van der Waals surface area (Å²) in [5.41, 5.74) is 2.84. The van der Waals surface area contributed by atoms with Crippen molar-refractivity contribution in [2.75, 3.05) is 11.9 Å². The van der Waals surface area contributed by atoms with Crippen LogP contribution in [-0.4, -0.2) is 6.61 Å². The fourth-order valence-corrected chi connectivity index (χ4v) is 3.05. The van der Waals surface area contributed by atoms with Crippen LogP contribution in [-0.2, 0) is 13.2 Å². The molecule has 0 saturated carbocycles. The molecule has 0 aliphatic rings. The average molecular weight is 465 g/mol. The topological polar surface area (TPSA) is 30.5 Å². The van der Waals surface area contributed by atoms with E-state index in [0.29, 0.717) is 31.3 Å². The zero-order valence-electron chi connectivity index (χ0n) is 15.3. The molecule has 3 aromatic rings. The largest absolute Gasteiger partial charge is 0.490 e. The Kier molecular flexibility index (Phi) is 7.18. The maximum atomic E-state index is 13.3. The van der Waals surface area contributed by atoms with Gasteiger partial charge in [0.1, 0.15) is 12.4 Å². The zero-order valence-corrected chi connectivity index (χ0v) is 17.7. The van der Waals surface area contributed by atoms with Gasteiger partial charge in [0.2, 0.25) is 0 Å². The summed E-state index contributed by atoms with van der Waals surface area (Å²) >= 11 is 9.25. The van der Waals surface area contributed by atoms with E-state index in [2.05, 4.69) is 21.2 Å². The van der Waals surface area contributed by atoms with Gasteiger partial charge in [-0.2, -0.15) is 0 Å². The summed E-state index contributed by atoms with van der Waals surface area (Å²) in [6, 6.07) is 18.4. The Hall–Kier alpha value is -2.24. The Morgan fingerprint density at radius 3 is 2.39 bits per heavy atom. The first kappa shape index (κ1) is 20.5. The average Bonchev–Trinajstić information content (AvgIpc) is 2.69. The van der Waals surface area contributed by atoms with Crippen LogP contribution >= 0.6 is 27.5 Å². The second kappa shape index (κ2) is 9.80. The number of rotatable bonds is 8. The van der Waals surface area contributed by atoms with Gasteiger partial charge in [-0.3, -0.25) is 0 Å². The van der Waals surface area contributed by atoms with Crippen molar-refractivity contribution in [2.24, 2.45) is 0 Å². The first-order valence-electron chi connectivity index (χ1n) is 8.87. The molecule has 28 heavy (non-hydrogen) atoms. The lowest BCUT2D eigenvalue weighted by molar-refractivity contribution is 0.269. The van der Waals surface area contributed by atoms with Crippen LogP contribution in [0.3, 0.4) is 0 Å². The Labute approximate surface area is 177 Å². The number of benzene rings is 3. The molecule has 0 unspecified atom stereocenters. The Bertz CT molecular complexity index is 934. The number of hydrogen-bond acceptors (Lipinski definition) is 3. The molecule has 0 atom stereocenters. The van der Waals surface area contributed by atoms with E-state index in [1.165, 1.54) is 6.07 Å². The standard InChI is InChI=1S/C22H20BrClFNO2/c1-2-27-22-11-16(13-26-18-8-9-20(25)19(24)12-18)5-10-21(22)28-14-15-3-6-17(23)7-4-15/h3-12,26H,2,13-14H2,1H3. The van der Waals surface area contributed by atoms with Gasteiger partial charge in [-0.15, -0.1) is 0 Å². The van der Waals surface area contributed by atoms with E-state index in [4.69, 9.17) is 21.1 Å². The van der Waals surface area contributed by atoms with Gasteiger partial charge in [0, 0.05) is 16.7 Å². The molecule has 3 nitrogen and oxygen atoms in total. The smallest absolute Gasteiger partial charge is 0.161 e. The highest BCUT2D eigenvalue weighted by Gasteiger charge is 2.08. The first-order chi connectivity index (χ1) is 13.5. The van der Waals surface area contributed by atoms with Crippen LogP contribution in [0.5, 0.6) is 11.5 Å². The van der Waals surface area contributed by atoms with Crippen molar-refractivity contribution in [3.8, 4) is 11.5 Å². The quantitative estimate of drug-likeness (QED) is 0.396. The van der Waals surface area contributed by atoms with Crippen molar-refractivity contribution >= 4 is 33.2 Å². The summed E-state index contributed by atoms with van der Waals surface area (Å²) in [6.07, 6.45) is 0. The molecule has 0 aromatic heterocycles. The molecular weight excluding hydrogens is 445 g/mol. The van der Waals surface area contributed by atoms with Crippen LogP contribution in [0.1, 0.15) is 18.1 Å². The monoisotopic (exact) mass is 463 g/mol. The van der Waals surface area contributed by atoms with Crippen LogP contribution in [0.15, 0.2) is 65.1 Å². The maximum absolute atomic E-state index is 13.3. The fourth-order valence-electron chi connectivity index (χ4n) is 2.60. The van der Waals surface area contributed by atoms with Gasteiger partial charge in [-0.05, 0) is 60.5 Å². The van der Waals surface area contributed by atoms with Crippen molar-refractivity contribution < 1.29 is 13.9 Å². The van der Waals surface area contributed by atoms with Crippen molar-refractivity contribution in [1.82, 2.24) is 0 Å². The molecule has 1 N–H and O–H groups in total. The van der Waals surface area contributed by atoms with E-state index in [1.807, 2.05) is 49.4 Å². The molecular formula is C22H20BrClFNO2. The first-order valence-corrected chi connectivity index (χ1v) is 10.0. The second-order valence-corrected chi connectivity index (χ2v) is 7.43. The van der Waals surface area contributed by atoms with Gasteiger partial charge in [0.25, 0.3) is 0 Å². The van der Waals surface area contributed by atoms with Gasteiger partial charge in [-0.1, -0.05) is 45.7 Å². The molecule has 0 aliphatic carbocycles. The number of anilines is 1. The summed E-state index contributed by atoms with van der Waals surface area (Å²) in [4.78, 5) is 0. The Morgan fingerprint density at radius 2 is 1.68 bits per heavy atom. The number of hydrogen-bond donors (Lipinski definition) is 1. The lowest BCUT2D eigenvalue weighted by atomic mass is 10.2. The summed E-state index contributed by atoms with van der Waals surface area (Å²) in [5, 5.41) is 3.32. The normalized spacial score (nSPS) is 10.6. The minimum Gasteiger partial charge on any atom is -0.490 e. The number of ether oxygens (including phenoxy) is 2. The molecule has 0 bridgehead atoms. The summed E-state index contributed by atoms with van der Waals surface area (Å²) in [7, 11) is 0. The molecule has 0 aliphatic heterocycles. The molecule has 0 saturated heterocycles. The van der Waals surface area contributed by atoms with E-state index in [9.17, 15) is 4.39 Å². The van der Waals surface area contributed by atoms with E-state index in [1.54, 1.807) is 12.1 Å². The molecule has 6 heteroatoms. The molecule has 3 rings (SSSR count). The highest BCUT2D eigenvalue weighted by Crippen LogP contribution is 2.30. The van der Waals surface area contributed by atoms with Crippen molar-refractivity contribution in [2.45, 2.75) is 20.1 Å². The number of halogens is 3. The third-order valence-corrected chi connectivity index (χ3v) is 4.85. The van der Waals surface area contributed by atoms with E-state index in [0.717, 1.165) is 21.3 Å². The van der Waals surface area contributed by atoms with Crippen LogP contribution in [0.2, 0.25) is 5.02 Å². The molecule has 0 fully saturated rings. The highest BCUT2D eigenvalue weighted by atomic mass is 79.9. The number of nitrogens with one attached hydrogen (secondary N) is 1. The zero-order chi connectivity index (χ0) is 19.9. The lowest BCUT2D eigenvalue weighted by Crippen LogP contribution is -2.03. The van der Waals surface area contributed by atoms with Gasteiger partial charge in [-0.25, -0.2) is 4.39 Å². The molecule has 0 radical (unpaired) electrons. The lowest BCUT2D eigenvalue weighted by Gasteiger charge is -2.14. The predicted octanol–water partition coefficient (Wildman–Crippen LogP) is 6.83. The third kappa shape index (κ3) is 5.63. The molecule has 146 valence electrons. The minimum absolute atomic E-state index is 0.0942. The van der Waals surface area contributed by atoms with Crippen LogP contribution in [0.4, 0.5) is 10.1 Å². The molecule has 0 heterocycles. The minimum atomic E-state index is -0.432. The van der Waals surface area contributed by atoms with Crippen molar-refractivity contribution in [3.05, 3.63) is 87.1 Å². The highest BCUT2D eigenvalue weighted by molar-refractivity contribution is 9.10. The van der Waals surface area contributed by atoms with Gasteiger partial charge in [0.05, 0.1) is 11.6 Å². The molecule has 0 amide bonds. The van der Waals surface area contributed by atoms with E-state index in [-0.39, 0.29) is 5.02 Å². The van der Waals surface area contributed by atoms with E-state index >= 15 is 0 Å². The van der Waals surface area contributed by atoms with Gasteiger partial charge < -0.3 is 14.8 Å². The van der Waals surface area contributed by atoms with Crippen LogP contribution in [0.25, 0.3) is 0 Å². The van der Waals surface area contributed by atoms with Crippen molar-refractivity contribution in [1.29, 1.82) is 0 Å². The second-order valence-electron chi connectivity index (χ2n) is 6.11. The predicted molar refractivity (Wildman–Crippen MR) is 115 cm³/mol. The van der Waals surface area contributed by atoms with Gasteiger partial charge >= 0.3 is 0 Å². The Balaban J connectivity index is 1.67. The van der Waals surface area contributed by atoms with Gasteiger partial charge in [0.15, 0.2) is 11.5 Å². The summed E-state index contributed by atoms with van der Waals surface area (Å²) in [5.74, 6) is 0.951. The SMILES string of the molecule is CCOc1cc(CNc2ccc(F)c(Cl)c2)ccc1OCc1ccc(Br)cc1. The fraction of sp³-hybridized carbons (Fsp3) is 0.182. The summed E-state index contributed by atoms with van der Waals surface area (Å²) in [6.45, 7) is 3.48. The Morgan fingerprint density at radius 1 is 0.929 bits per heavy atom. The van der Waals surface area contributed by atoms with Crippen molar-refractivity contribution in [3.63, 3.8) is 0 Å². The van der Waals surface area contributed by atoms with Crippen LogP contribution < -0.4 is 14.8 Å². The van der Waals surface area contributed by atoms with Crippen LogP contribution in [0, 0.1) is 5.82 Å². The maximum Gasteiger partial charge on any atom is 0.161 e. The van der Waals surface area contributed by atoms with E-state index < -0.39 is 5.82 Å². The third-order valence-electron chi connectivity index (χ3n) is 4.03. The molecule has 0 spiro atoms. The molecule has 3 aromatic carbocycles.